The largest absolute Gasteiger partial charge is 0.460 e. The van der Waals surface area contributed by atoms with Crippen molar-refractivity contribution in [2.24, 2.45) is 35.5 Å². The number of halogens is 1. The fourth-order valence-corrected chi connectivity index (χ4v) is 6.90. The van der Waals surface area contributed by atoms with Crippen molar-refractivity contribution < 1.29 is 28.1 Å². The van der Waals surface area contributed by atoms with Gasteiger partial charge in [0.15, 0.2) is 12.2 Å². The second kappa shape index (κ2) is 11.3. The minimum Gasteiger partial charge on any atom is -0.460 e. The molecule has 1 aliphatic heterocycles. The number of hydrogen-bond donors (Lipinski definition) is 0. The summed E-state index contributed by atoms with van der Waals surface area (Å²) in [4.78, 5) is 26.2. The average Bonchev–Trinajstić information content (AvgIpc) is 3.09. The molecule has 0 bridgehead atoms. The zero-order valence-corrected chi connectivity index (χ0v) is 21.9. The van der Waals surface area contributed by atoms with E-state index in [2.05, 4.69) is 41.5 Å². The first kappa shape index (κ1) is 26.2. The van der Waals surface area contributed by atoms with Gasteiger partial charge in [-0.25, -0.2) is 9.59 Å². The van der Waals surface area contributed by atoms with Crippen LogP contribution in [-0.4, -0.2) is 36.4 Å². The van der Waals surface area contributed by atoms with E-state index in [9.17, 15) is 9.59 Å². The molecular formula is C24H40ClO6P. The summed E-state index contributed by atoms with van der Waals surface area (Å²) >= 11 is 6.08. The smallest absolute Gasteiger partial charge is 0.339 e. The molecule has 0 aromatic heterocycles. The van der Waals surface area contributed by atoms with E-state index in [0.717, 1.165) is 38.5 Å². The monoisotopic (exact) mass is 490 g/mol. The third-order valence-corrected chi connectivity index (χ3v) is 8.85. The minimum atomic E-state index is -1.85. The molecular weight excluding hydrogens is 451 g/mol. The van der Waals surface area contributed by atoms with Crippen molar-refractivity contribution >= 4 is 30.9 Å². The number of ether oxygens (including phenoxy) is 2. The van der Waals surface area contributed by atoms with E-state index < -0.39 is 31.9 Å². The molecule has 0 unspecified atom stereocenters. The molecule has 32 heavy (non-hydrogen) atoms. The second-order valence-electron chi connectivity index (χ2n) is 10.9. The topological polar surface area (TPSA) is 71.1 Å². The molecule has 2 aliphatic carbocycles. The Morgan fingerprint density at radius 1 is 0.781 bits per heavy atom. The van der Waals surface area contributed by atoms with E-state index in [4.69, 9.17) is 29.8 Å². The molecule has 1 saturated heterocycles. The summed E-state index contributed by atoms with van der Waals surface area (Å²) in [7, 11) is -1.85. The van der Waals surface area contributed by atoms with Gasteiger partial charge < -0.3 is 18.5 Å². The molecule has 1 heterocycles. The molecule has 0 radical (unpaired) electrons. The Labute approximate surface area is 199 Å². The number of esters is 2. The van der Waals surface area contributed by atoms with Gasteiger partial charge in [0, 0.05) is 0 Å². The number of carbonyl (C=O) groups is 2. The summed E-state index contributed by atoms with van der Waals surface area (Å²) in [5.41, 5.74) is 0. The molecule has 6 nitrogen and oxygen atoms in total. The quantitative estimate of drug-likeness (QED) is 0.324. The lowest BCUT2D eigenvalue weighted by Gasteiger charge is -2.37. The maximum absolute atomic E-state index is 13.1. The zero-order chi connectivity index (χ0) is 23.6. The van der Waals surface area contributed by atoms with Crippen LogP contribution in [0.25, 0.3) is 0 Å². The fraction of sp³-hybridized carbons (Fsp3) is 0.917. The van der Waals surface area contributed by atoms with Gasteiger partial charge in [0.05, 0.1) is 0 Å². The van der Waals surface area contributed by atoms with Crippen LogP contribution in [0.3, 0.4) is 0 Å². The van der Waals surface area contributed by atoms with Gasteiger partial charge >= 0.3 is 11.9 Å². The summed E-state index contributed by atoms with van der Waals surface area (Å²) in [6.07, 6.45) is 3.27. The first-order chi connectivity index (χ1) is 15.1. The molecule has 3 fully saturated rings. The highest BCUT2D eigenvalue weighted by atomic mass is 35.7. The number of carbonyl (C=O) groups excluding carboxylic acids is 2. The van der Waals surface area contributed by atoms with Crippen LogP contribution in [0, 0.1) is 35.5 Å². The summed E-state index contributed by atoms with van der Waals surface area (Å²) in [5, 5.41) is 0. The normalized spacial score (nSPS) is 38.8. The second-order valence-corrected chi connectivity index (χ2v) is 12.5. The number of hydrogen-bond acceptors (Lipinski definition) is 6. The summed E-state index contributed by atoms with van der Waals surface area (Å²) in [5.74, 6) is 1.28. The number of rotatable bonds is 6. The summed E-state index contributed by atoms with van der Waals surface area (Å²) in [6, 6.07) is 0. The molecule has 0 spiro atoms. The molecule has 8 heteroatoms. The van der Waals surface area contributed by atoms with Crippen molar-refractivity contribution in [1.82, 2.24) is 0 Å². The van der Waals surface area contributed by atoms with Gasteiger partial charge in [-0.2, -0.15) is 0 Å². The van der Waals surface area contributed by atoms with E-state index in [-0.39, 0.29) is 12.2 Å². The average molecular weight is 491 g/mol. The van der Waals surface area contributed by atoms with Crippen LogP contribution in [0.1, 0.15) is 80.1 Å². The molecule has 2 saturated carbocycles. The van der Waals surface area contributed by atoms with Gasteiger partial charge in [-0.05, 0) is 72.4 Å². The van der Waals surface area contributed by atoms with Crippen LogP contribution >= 0.6 is 19.0 Å². The fourth-order valence-electron chi connectivity index (χ4n) is 5.58. The maximum Gasteiger partial charge on any atom is 0.339 e. The Kier molecular flexibility index (Phi) is 9.28. The van der Waals surface area contributed by atoms with Crippen molar-refractivity contribution in [1.29, 1.82) is 0 Å². The molecule has 0 aromatic rings. The maximum atomic E-state index is 13.1. The Hall–Kier alpha value is -0.420. The Morgan fingerprint density at radius 2 is 1.16 bits per heavy atom. The van der Waals surface area contributed by atoms with E-state index in [1.165, 1.54) is 0 Å². The lowest BCUT2D eigenvalue weighted by atomic mass is 9.75. The van der Waals surface area contributed by atoms with Gasteiger partial charge in [0.1, 0.15) is 12.2 Å². The molecule has 0 aromatic carbocycles. The standard InChI is InChI=1S/C24H40ClO6P/c1-13(2)17-9-7-15(5)11-19(17)28-23(26)21-22(31-32(25)30-21)24(27)29-20-12-16(6)8-10-18(20)14(3)4/h13-22H,7-12H2,1-6H3/t15-,16-,17+,18+,19-,20-,21+,22+/m1/s1. The van der Waals surface area contributed by atoms with Crippen molar-refractivity contribution in [3.63, 3.8) is 0 Å². The van der Waals surface area contributed by atoms with Gasteiger partial charge in [0.25, 0.3) is 7.73 Å². The van der Waals surface area contributed by atoms with Crippen molar-refractivity contribution in [3.05, 3.63) is 0 Å². The third kappa shape index (κ3) is 6.37. The van der Waals surface area contributed by atoms with Gasteiger partial charge in [-0.15, -0.1) is 0 Å². The zero-order valence-electron chi connectivity index (χ0n) is 20.3. The van der Waals surface area contributed by atoms with E-state index in [1.54, 1.807) is 0 Å². The first-order valence-corrected chi connectivity index (χ1v) is 14.4. The van der Waals surface area contributed by atoms with Crippen LogP contribution < -0.4 is 0 Å². The van der Waals surface area contributed by atoms with Crippen LogP contribution in [0.15, 0.2) is 0 Å². The van der Waals surface area contributed by atoms with Crippen LogP contribution in [-0.2, 0) is 28.1 Å². The highest BCUT2D eigenvalue weighted by molar-refractivity contribution is 7.76. The summed E-state index contributed by atoms with van der Waals surface area (Å²) in [6.45, 7) is 13.0. The predicted octanol–water partition coefficient (Wildman–Crippen LogP) is 6.24. The van der Waals surface area contributed by atoms with Crippen LogP contribution in [0.5, 0.6) is 0 Å². The minimum absolute atomic E-state index is 0.182. The van der Waals surface area contributed by atoms with E-state index in [0.29, 0.717) is 35.5 Å². The molecule has 184 valence electrons. The van der Waals surface area contributed by atoms with Crippen LogP contribution in [0.2, 0.25) is 0 Å². The van der Waals surface area contributed by atoms with Crippen molar-refractivity contribution in [2.75, 3.05) is 0 Å². The van der Waals surface area contributed by atoms with Crippen molar-refractivity contribution in [2.45, 2.75) is 104 Å². The Morgan fingerprint density at radius 3 is 1.50 bits per heavy atom. The van der Waals surface area contributed by atoms with Crippen molar-refractivity contribution in [3.8, 4) is 0 Å². The van der Waals surface area contributed by atoms with Crippen LogP contribution in [0.4, 0.5) is 0 Å². The lowest BCUT2D eigenvalue weighted by Crippen LogP contribution is -2.45. The highest BCUT2D eigenvalue weighted by Crippen LogP contribution is 2.53. The van der Waals surface area contributed by atoms with Gasteiger partial charge in [-0.3, -0.25) is 0 Å². The molecule has 3 rings (SSSR count). The van der Waals surface area contributed by atoms with Gasteiger partial charge in [-0.1, -0.05) is 54.4 Å². The SMILES string of the molecule is CC(C)[C@@H]1CC[C@@H](C)C[C@H]1OC(=O)[C@H]1OP(Cl)O[C@@H]1C(=O)O[C@@H]1C[C@H](C)CC[C@H]1C(C)C. The molecule has 8 atom stereocenters. The highest BCUT2D eigenvalue weighted by Gasteiger charge is 2.50. The first-order valence-electron chi connectivity index (χ1n) is 12.3. The third-order valence-electron chi connectivity index (χ3n) is 7.59. The molecule has 0 N–H and O–H groups in total. The Balaban J connectivity index is 1.67. The predicted molar refractivity (Wildman–Crippen MR) is 125 cm³/mol. The van der Waals surface area contributed by atoms with E-state index >= 15 is 0 Å². The lowest BCUT2D eigenvalue weighted by molar-refractivity contribution is -0.176. The van der Waals surface area contributed by atoms with E-state index in [1.807, 2.05) is 0 Å². The molecule has 0 amide bonds. The van der Waals surface area contributed by atoms with Gasteiger partial charge in [0.2, 0.25) is 0 Å². The molecule has 3 aliphatic rings. The Bertz CT molecular complexity index is 604. The summed E-state index contributed by atoms with van der Waals surface area (Å²) < 4.78 is 22.9.